The molecule has 0 bridgehead atoms. The van der Waals surface area contributed by atoms with Crippen LogP contribution >= 0.6 is 0 Å². The van der Waals surface area contributed by atoms with Gasteiger partial charge in [-0.2, -0.15) is 0 Å². The molecule has 2 aromatic heterocycles. The van der Waals surface area contributed by atoms with Crippen molar-refractivity contribution in [2.45, 2.75) is 6.92 Å². The highest BCUT2D eigenvalue weighted by atomic mass is 16.6. The summed E-state index contributed by atoms with van der Waals surface area (Å²) in [5.41, 5.74) is 2.80. The van der Waals surface area contributed by atoms with E-state index < -0.39 is 0 Å². The van der Waals surface area contributed by atoms with Crippen molar-refractivity contribution in [3.05, 3.63) is 60.7 Å². The molecular weight excluding hydrogens is 346 g/mol. The molecule has 0 aliphatic heterocycles. The molecule has 0 amide bonds. The zero-order valence-corrected chi connectivity index (χ0v) is 14.4. The first-order valence-electron chi connectivity index (χ1n) is 8.32. The minimum Gasteiger partial charge on any atom is -0.242 e. The summed E-state index contributed by atoms with van der Waals surface area (Å²) < 4.78 is 9.75. The minimum atomic E-state index is 0.275. The predicted molar refractivity (Wildman–Crippen MR) is 97.0 cm³/mol. The van der Waals surface area contributed by atoms with Gasteiger partial charge < -0.3 is 0 Å². The van der Waals surface area contributed by atoms with E-state index in [9.17, 15) is 0 Å². The van der Waals surface area contributed by atoms with E-state index in [0.717, 1.165) is 11.1 Å². The zero-order chi connectivity index (χ0) is 18.5. The average Bonchev–Trinajstić information content (AvgIpc) is 3.40. The first kappa shape index (κ1) is 16.6. The molecule has 2 aromatic carbocycles. The van der Waals surface area contributed by atoms with Crippen molar-refractivity contribution in [2.75, 3.05) is 11.6 Å². The monoisotopic (exact) mass is 361 g/mol. The number of benzene rings is 2. The van der Waals surface area contributed by atoms with Crippen LogP contribution in [0.25, 0.3) is 22.5 Å². The Morgan fingerprint density at radius 2 is 1.37 bits per heavy atom. The second kappa shape index (κ2) is 7.56. The molecule has 4 aromatic rings. The summed E-state index contributed by atoms with van der Waals surface area (Å²) in [6.45, 7) is 2.42. The van der Waals surface area contributed by atoms with E-state index in [2.05, 4.69) is 31.0 Å². The van der Waals surface area contributed by atoms with Crippen molar-refractivity contribution < 1.29 is 9.26 Å². The molecule has 2 heterocycles. The third-order valence-electron chi connectivity index (χ3n) is 3.83. The Balaban J connectivity index is 1.64. The van der Waals surface area contributed by atoms with E-state index in [4.69, 9.17) is 9.26 Å². The fourth-order valence-corrected chi connectivity index (χ4v) is 2.51. The summed E-state index contributed by atoms with van der Waals surface area (Å²) in [6, 6.07) is 19.1. The van der Waals surface area contributed by atoms with Crippen LogP contribution in [0.3, 0.4) is 0 Å². The Morgan fingerprint density at radius 3 is 2.04 bits per heavy atom. The van der Waals surface area contributed by atoms with Crippen molar-refractivity contribution in [1.82, 2.24) is 20.6 Å². The van der Waals surface area contributed by atoms with E-state index in [1.165, 1.54) is 0 Å². The largest absolute Gasteiger partial charge is 0.247 e. The molecule has 0 aliphatic rings. The highest BCUT2D eigenvalue weighted by Crippen LogP contribution is 2.29. The van der Waals surface area contributed by atoms with Gasteiger partial charge in [-0.15, -0.1) is 5.11 Å². The van der Waals surface area contributed by atoms with Gasteiger partial charge in [-0.1, -0.05) is 65.9 Å². The van der Waals surface area contributed by atoms with Gasteiger partial charge in [0.25, 0.3) is 0 Å². The van der Waals surface area contributed by atoms with Gasteiger partial charge in [0.1, 0.15) is 0 Å². The molecule has 0 unspecified atom stereocenters. The van der Waals surface area contributed by atoms with Crippen LogP contribution < -0.4 is 5.01 Å². The highest BCUT2D eigenvalue weighted by molar-refractivity contribution is 5.71. The van der Waals surface area contributed by atoms with Crippen molar-refractivity contribution in [2.24, 2.45) is 10.3 Å². The summed E-state index contributed by atoms with van der Waals surface area (Å²) in [5.74, 6) is 0.738. The maximum absolute atomic E-state index is 4.92. The number of hydrogen-bond donors (Lipinski definition) is 0. The molecule has 0 aliphatic carbocycles. The van der Waals surface area contributed by atoms with Gasteiger partial charge in [-0.25, -0.2) is 14.3 Å². The van der Waals surface area contributed by atoms with Crippen LogP contribution in [0, 0.1) is 0 Å². The Hall–Kier alpha value is -3.88. The van der Waals surface area contributed by atoms with Crippen LogP contribution in [0.2, 0.25) is 0 Å². The number of nitrogens with zero attached hydrogens (tertiary/aromatic N) is 7. The van der Waals surface area contributed by atoms with E-state index in [1.807, 2.05) is 67.6 Å². The summed E-state index contributed by atoms with van der Waals surface area (Å²) in [4.78, 5) is 0. The number of aromatic nitrogens is 4. The average molecular weight is 361 g/mol. The quantitative estimate of drug-likeness (QED) is 0.372. The normalized spacial score (nSPS) is 11.1. The van der Waals surface area contributed by atoms with Crippen LogP contribution in [0.4, 0.5) is 11.6 Å². The number of anilines is 1. The lowest BCUT2D eigenvalue weighted by molar-refractivity contribution is 0.308. The minimum absolute atomic E-state index is 0.275. The van der Waals surface area contributed by atoms with Crippen molar-refractivity contribution in [1.29, 1.82) is 0 Å². The lowest BCUT2D eigenvalue weighted by Crippen LogP contribution is -2.15. The standard InChI is InChI=1S/C18H15N7O2/c1-2-25(18-16(21-27-23-18)14-11-7-4-8-12-14)24-19-17-15(20-26-22-17)13-9-5-3-6-10-13/h3-12H,2H2,1H3. The zero-order valence-electron chi connectivity index (χ0n) is 14.4. The maximum atomic E-state index is 4.92. The molecule has 0 fully saturated rings. The molecule has 4 rings (SSSR count). The molecular formula is C18H15N7O2. The second-order valence-electron chi connectivity index (χ2n) is 5.51. The van der Waals surface area contributed by atoms with Gasteiger partial charge >= 0.3 is 0 Å². The van der Waals surface area contributed by atoms with Gasteiger partial charge in [-0.3, -0.25) is 0 Å². The molecule has 0 spiro atoms. The fourth-order valence-electron chi connectivity index (χ4n) is 2.51. The van der Waals surface area contributed by atoms with Gasteiger partial charge in [0.2, 0.25) is 11.6 Å². The Labute approximate surface area is 154 Å². The third-order valence-corrected chi connectivity index (χ3v) is 3.83. The molecule has 0 saturated heterocycles. The summed E-state index contributed by atoms with van der Waals surface area (Å²) in [7, 11) is 0. The second-order valence-corrected chi connectivity index (χ2v) is 5.51. The van der Waals surface area contributed by atoms with E-state index in [0.29, 0.717) is 23.8 Å². The van der Waals surface area contributed by atoms with Crippen LogP contribution in [0.1, 0.15) is 6.92 Å². The van der Waals surface area contributed by atoms with Crippen molar-refractivity contribution >= 4 is 11.6 Å². The Bertz CT molecular complexity index is 1030. The first-order chi connectivity index (χ1) is 13.4. The molecule has 0 atom stereocenters. The molecule has 9 heteroatoms. The van der Waals surface area contributed by atoms with Gasteiger partial charge in [0.15, 0.2) is 11.4 Å². The van der Waals surface area contributed by atoms with Crippen LogP contribution in [-0.4, -0.2) is 27.2 Å². The molecule has 27 heavy (non-hydrogen) atoms. The summed E-state index contributed by atoms with van der Waals surface area (Å²) >= 11 is 0. The SMILES string of the molecule is CCN(N=Nc1nonc1-c1ccccc1)c1nonc1-c1ccccc1. The predicted octanol–water partition coefficient (Wildman–Crippen LogP) is 4.31. The van der Waals surface area contributed by atoms with Crippen LogP contribution in [0.5, 0.6) is 0 Å². The molecule has 9 nitrogen and oxygen atoms in total. The maximum Gasteiger partial charge on any atom is 0.247 e. The van der Waals surface area contributed by atoms with E-state index in [1.54, 1.807) is 5.01 Å². The van der Waals surface area contributed by atoms with Gasteiger partial charge in [-0.05, 0) is 27.6 Å². The first-order valence-corrected chi connectivity index (χ1v) is 8.32. The smallest absolute Gasteiger partial charge is 0.242 e. The van der Waals surface area contributed by atoms with Crippen LogP contribution in [0.15, 0.2) is 80.3 Å². The molecule has 134 valence electrons. The van der Waals surface area contributed by atoms with Gasteiger partial charge in [0, 0.05) is 17.7 Å². The van der Waals surface area contributed by atoms with Crippen molar-refractivity contribution in [3.8, 4) is 22.5 Å². The number of hydrogen-bond acceptors (Lipinski definition) is 8. The summed E-state index contributed by atoms with van der Waals surface area (Å²) in [6.07, 6.45) is 0. The Morgan fingerprint density at radius 1 is 0.778 bits per heavy atom. The molecule has 0 saturated carbocycles. The Kier molecular flexibility index (Phi) is 4.64. The van der Waals surface area contributed by atoms with Gasteiger partial charge in [0.05, 0.1) is 0 Å². The third kappa shape index (κ3) is 3.43. The topological polar surface area (TPSA) is 106 Å². The van der Waals surface area contributed by atoms with Crippen LogP contribution in [-0.2, 0) is 0 Å². The van der Waals surface area contributed by atoms with Crippen molar-refractivity contribution in [3.63, 3.8) is 0 Å². The van der Waals surface area contributed by atoms with E-state index >= 15 is 0 Å². The lowest BCUT2D eigenvalue weighted by Gasteiger charge is -2.11. The highest BCUT2D eigenvalue weighted by Gasteiger charge is 2.19. The summed E-state index contributed by atoms with van der Waals surface area (Å²) in [5, 5.41) is 25.7. The lowest BCUT2D eigenvalue weighted by atomic mass is 10.1. The molecule has 0 radical (unpaired) electrons. The number of rotatable bonds is 6. The molecule has 0 N–H and O–H groups in total. The fraction of sp³-hybridized carbons (Fsp3) is 0.111. The van der Waals surface area contributed by atoms with E-state index in [-0.39, 0.29) is 5.82 Å².